The Morgan fingerprint density at radius 1 is 1.29 bits per heavy atom. The summed E-state index contributed by atoms with van der Waals surface area (Å²) in [6.45, 7) is 9.16. The maximum Gasteiger partial charge on any atom is 1.00 e. The predicted molar refractivity (Wildman–Crippen MR) is 73.2 cm³/mol. The van der Waals surface area contributed by atoms with E-state index < -0.39 is 10.1 Å². The van der Waals surface area contributed by atoms with Gasteiger partial charge in [0.25, 0.3) is 0 Å². The van der Waals surface area contributed by atoms with Crippen LogP contribution in [-0.2, 0) is 15.5 Å². The Hall–Kier alpha value is 1.17. The van der Waals surface area contributed by atoms with Crippen molar-refractivity contribution >= 4 is 21.5 Å². The number of nitrogens with zero attached hydrogens (tertiary/aromatic N) is 1. The van der Waals surface area contributed by atoms with Gasteiger partial charge in [-0.25, -0.2) is 8.42 Å². The summed E-state index contributed by atoms with van der Waals surface area (Å²) in [4.78, 5) is -0.148. The van der Waals surface area contributed by atoms with Gasteiger partial charge in [-0.3, -0.25) is 0 Å². The Kier molecular flexibility index (Phi) is 8.26. The molecule has 2 rings (SSSR count). The molecule has 4 nitrogen and oxygen atoms in total. The second-order valence-electron chi connectivity index (χ2n) is 5.50. The molecule has 1 aliphatic rings. The molecule has 0 aliphatic carbocycles. The minimum absolute atomic E-state index is 0. The van der Waals surface area contributed by atoms with E-state index in [4.69, 9.17) is 0 Å². The Balaban J connectivity index is 0.00000200. The summed E-state index contributed by atoms with van der Waals surface area (Å²) in [6, 6.07) is 4.67. The topological polar surface area (TPSA) is 60.2 Å². The van der Waals surface area contributed by atoms with Crippen LogP contribution in [-0.4, -0.2) is 29.8 Å². The summed E-state index contributed by atoms with van der Waals surface area (Å²) in [5, 5.41) is 0. The summed E-state index contributed by atoms with van der Waals surface area (Å²) in [5.74, 6) is 0. The molecule has 0 saturated heterocycles. The SMILES string of the molecule is CCC[N+]1=C(C)C(C)(C)c2cc(S(=O)(=O)[O-])ccc21.[I-].[K+]. The van der Waals surface area contributed by atoms with Gasteiger partial charge in [-0.1, -0.05) is 6.92 Å². The van der Waals surface area contributed by atoms with Gasteiger partial charge in [-0.2, -0.15) is 4.58 Å². The van der Waals surface area contributed by atoms with Crippen molar-refractivity contribution in [3.05, 3.63) is 23.8 Å². The van der Waals surface area contributed by atoms with Crippen LogP contribution < -0.4 is 75.4 Å². The van der Waals surface area contributed by atoms with Crippen LogP contribution in [0.5, 0.6) is 0 Å². The normalized spacial score (nSPS) is 16.0. The Bertz CT molecular complexity index is 669. The van der Waals surface area contributed by atoms with E-state index in [9.17, 15) is 13.0 Å². The molecule has 0 bridgehead atoms. The molecule has 1 aromatic carbocycles. The number of benzene rings is 1. The van der Waals surface area contributed by atoms with Crippen LogP contribution in [0.3, 0.4) is 0 Å². The van der Waals surface area contributed by atoms with Crippen molar-refractivity contribution in [3.8, 4) is 0 Å². The third kappa shape index (κ3) is 4.17. The van der Waals surface area contributed by atoms with Gasteiger partial charge in [0.1, 0.15) is 16.7 Å². The van der Waals surface area contributed by atoms with E-state index >= 15 is 0 Å². The number of hydrogen-bond acceptors (Lipinski definition) is 3. The second kappa shape index (κ2) is 7.83. The van der Waals surface area contributed by atoms with Crippen molar-refractivity contribution in [3.63, 3.8) is 0 Å². The molecule has 1 aliphatic heterocycles. The van der Waals surface area contributed by atoms with E-state index in [1.807, 2.05) is 0 Å². The third-order valence-corrected chi connectivity index (χ3v) is 4.81. The zero-order valence-electron chi connectivity index (χ0n) is 13.1. The van der Waals surface area contributed by atoms with Gasteiger partial charge in [0.2, 0.25) is 5.69 Å². The average molecular weight is 447 g/mol. The maximum atomic E-state index is 11.2. The molecule has 0 N–H and O–H groups in total. The molecule has 0 unspecified atom stereocenters. The first-order valence-electron chi connectivity index (χ1n) is 6.41. The molecule has 0 spiro atoms. The molecule has 0 atom stereocenters. The van der Waals surface area contributed by atoms with Crippen LogP contribution >= 0.6 is 0 Å². The van der Waals surface area contributed by atoms with Gasteiger partial charge >= 0.3 is 51.4 Å². The molecular weight excluding hydrogens is 428 g/mol. The summed E-state index contributed by atoms with van der Waals surface area (Å²) < 4.78 is 35.7. The Morgan fingerprint density at radius 2 is 1.86 bits per heavy atom. The Morgan fingerprint density at radius 3 is 2.33 bits per heavy atom. The molecule has 7 heteroatoms. The van der Waals surface area contributed by atoms with Gasteiger partial charge in [0, 0.05) is 25.0 Å². The minimum Gasteiger partial charge on any atom is -1.00 e. The van der Waals surface area contributed by atoms with Crippen molar-refractivity contribution in [2.45, 2.75) is 44.4 Å². The quantitative estimate of drug-likeness (QED) is 0.208. The van der Waals surface area contributed by atoms with Crippen LogP contribution in [0.4, 0.5) is 5.69 Å². The molecule has 1 aromatic rings. The zero-order valence-corrected chi connectivity index (χ0v) is 19.2. The van der Waals surface area contributed by atoms with Crippen molar-refractivity contribution < 1.29 is 92.9 Å². The third-order valence-electron chi connectivity index (χ3n) is 3.98. The largest absolute Gasteiger partial charge is 1.00 e. The first kappa shape index (κ1) is 22.2. The predicted octanol–water partition coefficient (Wildman–Crippen LogP) is -3.60. The molecule has 0 saturated carbocycles. The van der Waals surface area contributed by atoms with E-state index in [0.717, 1.165) is 24.2 Å². The van der Waals surface area contributed by atoms with Gasteiger partial charge in [-0.05, 0) is 26.0 Å². The second-order valence-corrected chi connectivity index (χ2v) is 6.87. The van der Waals surface area contributed by atoms with Crippen molar-refractivity contribution in [2.75, 3.05) is 6.54 Å². The van der Waals surface area contributed by atoms with E-state index in [1.54, 1.807) is 6.07 Å². The summed E-state index contributed by atoms with van der Waals surface area (Å²) in [6.07, 6.45) is 1.01. The fourth-order valence-electron chi connectivity index (χ4n) is 2.63. The van der Waals surface area contributed by atoms with Gasteiger partial charge < -0.3 is 28.5 Å². The van der Waals surface area contributed by atoms with Crippen LogP contribution in [0, 0.1) is 0 Å². The smallest absolute Gasteiger partial charge is 1.00 e. The fourth-order valence-corrected chi connectivity index (χ4v) is 3.13. The van der Waals surface area contributed by atoms with E-state index in [2.05, 4.69) is 32.3 Å². The van der Waals surface area contributed by atoms with E-state index in [1.165, 1.54) is 17.8 Å². The first-order valence-corrected chi connectivity index (χ1v) is 7.82. The summed E-state index contributed by atoms with van der Waals surface area (Å²) in [5.41, 5.74) is 2.86. The van der Waals surface area contributed by atoms with Crippen LogP contribution in [0.1, 0.15) is 39.7 Å². The van der Waals surface area contributed by atoms with E-state index in [-0.39, 0.29) is 85.7 Å². The summed E-state index contributed by atoms with van der Waals surface area (Å²) >= 11 is 0. The zero-order chi connectivity index (χ0) is 14.4. The van der Waals surface area contributed by atoms with Gasteiger partial charge in [0.15, 0.2) is 5.71 Å². The van der Waals surface area contributed by atoms with E-state index in [0.29, 0.717) is 0 Å². The fraction of sp³-hybridized carbons (Fsp3) is 0.500. The molecule has 112 valence electrons. The van der Waals surface area contributed by atoms with Crippen LogP contribution in [0.25, 0.3) is 0 Å². The van der Waals surface area contributed by atoms with Crippen LogP contribution in [0.15, 0.2) is 23.1 Å². The first-order chi connectivity index (χ1) is 8.69. The number of hydrogen-bond donors (Lipinski definition) is 0. The summed E-state index contributed by atoms with van der Waals surface area (Å²) in [7, 11) is -4.40. The van der Waals surface area contributed by atoms with Gasteiger partial charge in [-0.15, -0.1) is 0 Å². The average Bonchev–Trinajstić information content (AvgIpc) is 2.50. The maximum absolute atomic E-state index is 11.2. The molecule has 0 fully saturated rings. The standard InChI is InChI=1S/C14H19NO3S.HI.K/c1-5-8-15-10(2)14(3,4)12-9-11(19(16,17)18)6-7-13(12)15;;/h6-7,9H,5,8H2,1-4H3;1H;/q;;+1/p-1. The van der Waals surface area contributed by atoms with Crippen molar-refractivity contribution in [1.29, 1.82) is 0 Å². The molecule has 0 radical (unpaired) electrons. The monoisotopic (exact) mass is 447 g/mol. The number of fused-ring (bicyclic) bond motifs is 1. The number of rotatable bonds is 3. The Labute approximate surface area is 186 Å². The molecule has 21 heavy (non-hydrogen) atoms. The minimum atomic E-state index is -4.40. The van der Waals surface area contributed by atoms with Crippen molar-refractivity contribution in [2.24, 2.45) is 0 Å². The molecule has 0 aromatic heterocycles. The molecular formula is C14H19IKNO3S. The van der Waals surface area contributed by atoms with Crippen molar-refractivity contribution in [1.82, 2.24) is 0 Å². The molecule has 0 amide bonds. The van der Waals surface area contributed by atoms with Gasteiger partial charge in [0.05, 0.1) is 10.3 Å². The van der Waals surface area contributed by atoms with Crippen LogP contribution in [0.2, 0.25) is 0 Å². The molecule has 1 heterocycles. The number of halogens is 1.